The maximum atomic E-state index is 11.7. The van der Waals surface area contributed by atoms with Crippen LogP contribution in [0.5, 0.6) is 0 Å². The van der Waals surface area contributed by atoms with Gasteiger partial charge in [0.15, 0.2) is 0 Å². The minimum Gasteiger partial charge on any atom is -0.391 e. The van der Waals surface area contributed by atoms with Gasteiger partial charge in [-0.2, -0.15) is 0 Å². The number of aliphatic hydroxyl groups excluding tert-OH is 1. The molecule has 0 spiro atoms. The smallest absolute Gasteiger partial charge is 0.223 e. The van der Waals surface area contributed by atoms with Gasteiger partial charge in [0.25, 0.3) is 0 Å². The summed E-state index contributed by atoms with van der Waals surface area (Å²) in [6.45, 7) is 0.825. The molecule has 0 aromatic heterocycles. The second-order valence-corrected chi connectivity index (χ2v) is 4.98. The van der Waals surface area contributed by atoms with Gasteiger partial charge in [-0.25, -0.2) is 0 Å². The van der Waals surface area contributed by atoms with Crippen molar-refractivity contribution in [3.63, 3.8) is 0 Å². The highest BCUT2D eigenvalue weighted by Crippen LogP contribution is 2.30. The van der Waals surface area contributed by atoms with Crippen molar-refractivity contribution in [2.24, 2.45) is 5.92 Å². The maximum Gasteiger partial charge on any atom is 0.223 e. The third-order valence-corrected chi connectivity index (χ3v) is 4.22. The van der Waals surface area contributed by atoms with E-state index >= 15 is 0 Å². The van der Waals surface area contributed by atoms with E-state index in [-0.39, 0.29) is 18.1 Å². The molecule has 1 saturated heterocycles. The van der Waals surface area contributed by atoms with Crippen LogP contribution in [0.3, 0.4) is 0 Å². The second kappa shape index (κ2) is 4.19. The van der Waals surface area contributed by atoms with E-state index in [0.717, 1.165) is 31.1 Å². The zero-order valence-electron chi connectivity index (χ0n) is 8.16. The molecule has 1 saturated carbocycles. The van der Waals surface area contributed by atoms with E-state index in [4.69, 9.17) is 0 Å². The molecule has 3 atom stereocenters. The highest BCUT2D eigenvalue weighted by molar-refractivity contribution is 9.09. The Kier molecular flexibility index (Phi) is 3.12. The topological polar surface area (TPSA) is 40.5 Å². The van der Waals surface area contributed by atoms with Crippen molar-refractivity contribution in [1.29, 1.82) is 0 Å². The van der Waals surface area contributed by atoms with Crippen molar-refractivity contribution in [2.75, 3.05) is 11.9 Å². The average molecular weight is 262 g/mol. The molecule has 2 aliphatic rings. The van der Waals surface area contributed by atoms with Gasteiger partial charge in [-0.1, -0.05) is 15.9 Å². The van der Waals surface area contributed by atoms with E-state index in [1.165, 1.54) is 0 Å². The van der Waals surface area contributed by atoms with Crippen LogP contribution in [-0.2, 0) is 4.79 Å². The summed E-state index contributed by atoms with van der Waals surface area (Å²) in [7, 11) is 0. The lowest BCUT2D eigenvalue weighted by molar-refractivity contribution is -0.131. The Bertz CT molecular complexity index is 234. The summed E-state index contributed by atoms with van der Waals surface area (Å²) in [6.07, 6.45) is 3.24. The van der Waals surface area contributed by atoms with Gasteiger partial charge in [-0.15, -0.1) is 0 Å². The Morgan fingerprint density at radius 1 is 1.50 bits per heavy atom. The van der Waals surface area contributed by atoms with Crippen molar-refractivity contribution >= 4 is 21.8 Å². The van der Waals surface area contributed by atoms with Gasteiger partial charge < -0.3 is 10.0 Å². The van der Waals surface area contributed by atoms with Crippen LogP contribution in [-0.4, -0.2) is 39.9 Å². The predicted molar refractivity (Wildman–Crippen MR) is 57.3 cm³/mol. The molecule has 1 N–H and O–H groups in total. The number of aliphatic hydroxyl groups is 1. The molecule has 2 rings (SSSR count). The number of nitrogens with zero attached hydrogens (tertiary/aromatic N) is 1. The number of alkyl halides is 1. The minimum atomic E-state index is -0.284. The van der Waals surface area contributed by atoms with Crippen LogP contribution < -0.4 is 0 Å². The molecule has 0 aromatic carbocycles. The van der Waals surface area contributed by atoms with Gasteiger partial charge in [0.1, 0.15) is 0 Å². The molecule has 3 nitrogen and oxygen atoms in total. The number of halogens is 1. The highest BCUT2D eigenvalue weighted by atomic mass is 79.9. The van der Waals surface area contributed by atoms with Gasteiger partial charge in [0.2, 0.25) is 5.91 Å². The molecule has 14 heavy (non-hydrogen) atoms. The van der Waals surface area contributed by atoms with E-state index in [9.17, 15) is 9.90 Å². The Hall–Kier alpha value is -0.0900. The normalized spacial score (nSPS) is 38.3. The van der Waals surface area contributed by atoms with E-state index in [1.807, 2.05) is 4.90 Å². The third-order valence-electron chi connectivity index (χ3n) is 3.30. The van der Waals surface area contributed by atoms with Gasteiger partial charge in [0, 0.05) is 18.3 Å². The molecule has 1 amide bonds. The lowest BCUT2D eigenvalue weighted by Crippen LogP contribution is -2.41. The third kappa shape index (κ3) is 1.82. The summed E-state index contributed by atoms with van der Waals surface area (Å²) < 4.78 is 0. The van der Waals surface area contributed by atoms with E-state index < -0.39 is 0 Å². The van der Waals surface area contributed by atoms with Gasteiger partial charge in [-0.3, -0.25) is 4.79 Å². The minimum absolute atomic E-state index is 0.103. The molecule has 0 radical (unpaired) electrons. The quantitative estimate of drug-likeness (QED) is 0.758. The van der Waals surface area contributed by atoms with Crippen LogP contribution in [0.2, 0.25) is 0 Å². The van der Waals surface area contributed by atoms with Gasteiger partial charge in [0.05, 0.1) is 12.1 Å². The molecular formula is C10H16BrNO2. The Morgan fingerprint density at radius 3 is 2.79 bits per heavy atom. The number of carbonyl (C=O) groups excluding carboxylic acids is 1. The standard InChI is InChI=1S/C10H16BrNO2/c11-5-7-4-10(14)12(6-7)8-2-1-3-9(8)13/h7-9,13H,1-6H2. The molecule has 0 bridgehead atoms. The Morgan fingerprint density at radius 2 is 2.29 bits per heavy atom. The van der Waals surface area contributed by atoms with Crippen LogP contribution in [0.4, 0.5) is 0 Å². The fraction of sp³-hybridized carbons (Fsp3) is 0.900. The first-order chi connectivity index (χ1) is 6.72. The van der Waals surface area contributed by atoms with Crippen LogP contribution in [0.1, 0.15) is 25.7 Å². The molecule has 2 fully saturated rings. The first-order valence-corrected chi connectivity index (χ1v) is 6.38. The first-order valence-electron chi connectivity index (χ1n) is 5.26. The zero-order valence-corrected chi connectivity index (χ0v) is 9.74. The fourth-order valence-electron chi connectivity index (χ4n) is 2.52. The Balaban J connectivity index is 2.00. The monoisotopic (exact) mass is 261 g/mol. The number of likely N-dealkylation sites (tertiary alicyclic amines) is 1. The number of hydrogen-bond donors (Lipinski definition) is 1. The van der Waals surface area contributed by atoms with Crippen molar-refractivity contribution in [3.05, 3.63) is 0 Å². The highest BCUT2D eigenvalue weighted by Gasteiger charge is 2.38. The number of carbonyl (C=O) groups is 1. The molecule has 1 heterocycles. The van der Waals surface area contributed by atoms with Crippen LogP contribution in [0.25, 0.3) is 0 Å². The number of hydrogen-bond acceptors (Lipinski definition) is 2. The summed E-state index contributed by atoms with van der Waals surface area (Å²) in [6, 6.07) is 0.103. The van der Waals surface area contributed by atoms with E-state index in [0.29, 0.717) is 12.3 Å². The maximum absolute atomic E-state index is 11.7. The predicted octanol–water partition coefficient (Wildman–Crippen LogP) is 1.14. The SMILES string of the molecule is O=C1CC(CBr)CN1C1CCCC1O. The van der Waals surface area contributed by atoms with Crippen LogP contribution in [0.15, 0.2) is 0 Å². The molecule has 1 aliphatic carbocycles. The molecule has 4 heteroatoms. The van der Waals surface area contributed by atoms with Crippen molar-refractivity contribution in [1.82, 2.24) is 4.90 Å². The molecule has 1 aliphatic heterocycles. The molecular weight excluding hydrogens is 246 g/mol. The summed E-state index contributed by atoms with van der Waals surface area (Å²) in [5, 5.41) is 10.6. The summed E-state index contributed by atoms with van der Waals surface area (Å²) in [5.74, 6) is 0.663. The zero-order chi connectivity index (χ0) is 10.1. The van der Waals surface area contributed by atoms with Crippen LogP contribution in [0, 0.1) is 5.92 Å². The number of rotatable bonds is 2. The fourth-order valence-corrected chi connectivity index (χ4v) is 2.95. The lowest BCUT2D eigenvalue weighted by Gasteiger charge is -2.26. The summed E-state index contributed by atoms with van der Waals surface area (Å²) in [5.41, 5.74) is 0. The first kappa shape index (κ1) is 10.4. The molecule has 80 valence electrons. The van der Waals surface area contributed by atoms with Gasteiger partial charge >= 0.3 is 0 Å². The lowest BCUT2D eigenvalue weighted by atomic mass is 10.1. The Labute approximate surface area is 92.6 Å². The van der Waals surface area contributed by atoms with Gasteiger partial charge in [-0.05, 0) is 25.2 Å². The largest absolute Gasteiger partial charge is 0.391 e. The second-order valence-electron chi connectivity index (χ2n) is 4.34. The van der Waals surface area contributed by atoms with Crippen molar-refractivity contribution in [3.8, 4) is 0 Å². The van der Waals surface area contributed by atoms with Crippen molar-refractivity contribution in [2.45, 2.75) is 37.8 Å². The average Bonchev–Trinajstić information content (AvgIpc) is 2.72. The summed E-state index contributed by atoms with van der Waals surface area (Å²) >= 11 is 3.41. The van der Waals surface area contributed by atoms with E-state index in [2.05, 4.69) is 15.9 Å². The molecule has 3 unspecified atom stereocenters. The van der Waals surface area contributed by atoms with E-state index in [1.54, 1.807) is 0 Å². The van der Waals surface area contributed by atoms with Crippen molar-refractivity contribution < 1.29 is 9.90 Å². The molecule has 0 aromatic rings. The summed E-state index contributed by atoms with van der Waals surface area (Å²) in [4.78, 5) is 13.6. The number of amides is 1. The van der Waals surface area contributed by atoms with Crippen LogP contribution >= 0.6 is 15.9 Å².